The van der Waals surface area contributed by atoms with Gasteiger partial charge in [0.15, 0.2) is 0 Å². The van der Waals surface area contributed by atoms with Crippen LogP contribution in [0.2, 0.25) is 0 Å². The van der Waals surface area contributed by atoms with Crippen molar-refractivity contribution in [3.63, 3.8) is 0 Å². The Labute approximate surface area is 125 Å². The third-order valence-corrected chi connectivity index (χ3v) is 3.17. The van der Waals surface area contributed by atoms with Crippen molar-refractivity contribution in [3.05, 3.63) is 40.1 Å². The molecule has 19 heavy (non-hydrogen) atoms. The van der Waals surface area contributed by atoms with Crippen LogP contribution >= 0.6 is 22.6 Å². The molecular formula is C13H14INO4. The van der Waals surface area contributed by atoms with Crippen LogP contribution in [0, 0.1) is 0 Å². The summed E-state index contributed by atoms with van der Waals surface area (Å²) in [5, 5.41) is 0. The number of nitrogens with zero attached hydrogens (tertiary/aromatic N) is 1. The number of amides is 1. The Bertz CT molecular complexity index is 473. The molecule has 0 aliphatic rings. The minimum Gasteiger partial charge on any atom is -0.469 e. The number of hydrogen-bond donors (Lipinski definition) is 0. The summed E-state index contributed by atoms with van der Waals surface area (Å²) in [6, 6.07) is 9.04. The van der Waals surface area contributed by atoms with E-state index in [0.29, 0.717) is 9.39 Å². The molecule has 0 bridgehead atoms. The van der Waals surface area contributed by atoms with E-state index in [1.165, 1.54) is 19.1 Å². The van der Waals surface area contributed by atoms with Crippen LogP contribution < -0.4 is 4.90 Å². The molecule has 1 rings (SSSR count). The van der Waals surface area contributed by atoms with Gasteiger partial charge in [-0.15, -0.1) is 0 Å². The second kappa shape index (κ2) is 7.78. The molecule has 1 aromatic rings. The van der Waals surface area contributed by atoms with Crippen molar-refractivity contribution in [1.29, 1.82) is 0 Å². The van der Waals surface area contributed by atoms with E-state index in [0.717, 1.165) is 0 Å². The maximum Gasteiger partial charge on any atom is 0.419 e. The van der Waals surface area contributed by atoms with E-state index < -0.39 is 6.09 Å². The number of rotatable bonds is 4. The Balaban J connectivity index is 2.98. The standard InChI is InChI=1S/C13H14INO4/c1-18-12(16)9-8-11(14)15(13(17)19-2)10-6-4-3-5-7-10/h3-8H,9H2,1-2H3/b11-8-. The summed E-state index contributed by atoms with van der Waals surface area (Å²) in [4.78, 5) is 24.3. The van der Waals surface area contributed by atoms with Crippen LogP contribution in [0.15, 0.2) is 40.1 Å². The van der Waals surface area contributed by atoms with Gasteiger partial charge in [0, 0.05) is 0 Å². The lowest BCUT2D eigenvalue weighted by Gasteiger charge is -2.20. The van der Waals surface area contributed by atoms with Gasteiger partial charge in [0.25, 0.3) is 0 Å². The van der Waals surface area contributed by atoms with Crippen LogP contribution in [0.3, 0.4) is 0 Å². The summed E-state index contributed by atoms with van der Waals surface area (Å²) in [6.45, 7) is 0. The van der Waals surface area contributed by atoms with E-state index in [1.54, 1.807) is 18.2 Å². The normalized spacial score (nSPS) is 10.8. The second-order valence-electron chi connectivity index (χ2n) is 3.45. The molecule has 6 heteroatoms. The van der Waals surface area contributed by atoms with Crippen molar-refractivity contribution in [2.24, 2.45) is 0 Å². The number of ether oxygens (including phenoxy) is 2. The number of esters is 1. The minimum atomic E-state index is -0.517. The van der Waals surface area contributed by atoms with E-state index in [9.17, 15) is 9.59 Å². The van der Waals surface area contributed by atoms with Crippen LogP contribution in [-0.4, -0.2) is 26.3 Å². The predicted molar refractivity (Wildman–Crippen MR) is 80.1 cm³/mol. The first kappa shape index (κ1) is 15.5. The van der Waals surface area contributed by atoms with E-state index in [-0.39, 0.29) is 12.4 Å². The van der Waals surface area contributed by atoms with Gasteiger partial charge < -0.3 is 9.47 Å². The van der Waals surface area contributed by atoms with Crippen molar-refractivity contribution in [1.82, 2.24) is 0 Å². The smallest absolute Gasteiger partial charge is 0.419 e. The summed E-state index contributed by atoms with van der Waals surface area (Å²) >= 11 is 1.97. The first-order valence-corrected chi connectivity index (χ1v) is 6.53. The summed E-state index contributed by atoms with van der Waals surface area (Å²) in [5.41, 5.74) is 0.667. The van der Waals surface area contributed by atoms with Gasteiger partial charge in [-0.1, -0.05) is 18.2 Å². The Morgan fingerprint density at radius 3 is 2.37 bits per heavy atom. The van der Waals surface area contributed by atoms with Crippen LogP contribution in [0.25, 0.3) is 0 Å². The number of carbonyl (C=O) groups is 2. The van der Waals surface area contributed by atoms with Crippen molar-refractivity contribution >= 4 is 40.3 Å². The molecule has 0 aromatic heterocycles. The molecular weight excluding hydrogens is 361 g/mol. The molecule has 1 aromatic carbocycles. The van der Waals surface area contributed by atoms with Gasteiger partial charge in [-0.2, -0.15) is 0 Å². The molecule has 0 aliphatic carbocycles. The first-order chi connectivity index (χ1) is 9.10. The summed E-state index contributed by atoms with van der Waals surface area (Å²) in [7, 11) is 2.63. The molecule has 0 N–H and O–H groups in total. The van der Waals surface area contributed by atoms with E-state index >= 15 is 0 Å². The van der Waals surface area contributed by atoms with E-state index in [1.807, 2.05) is 40.8 Å². The van der Waals surface area contributed by atoms with Gasteiger partial charge in [0.1, 0.15) is 0 Å². The first-order valence-electron chi connectivity index (χ1n) is 5.45. The number of anilines is 1. The molecule has 0 saturated carbocycles. The van der Waals surface area contributed by atoms with Crippen LogP contribution in [-0.2, 0) is 14.3 Å². The third-order valence-electron chi connectivity index (χ3n) is 2.25. The molecule has 5 nitrogen and oxygen atoms in total. The zero-order valence-corrected chi connectivity index (χ0v) is 12.8. The highest BCUT2D eigenvalue weighted by Gasteiger charge is 2.19. The lowest BCUT2D eigenvalue weighted by atomic mass is 10.3. The Kier molecular flexibility index (Phi) is 6.34. The molecule has 0 radical (unpaired) electrons. The molecule has 0 atom stereocenters. The maximum absolute atomic E-state index is 11.8. The maximum atomic E-state index is 11.8. The van der Waals surface area contributed by atoms with E-state index in [2.05, 4.69) is 4.74 Å². The fraction of sp³-hybridized carbons (Fsp3) is 0.231. The van der Waals surface area contributed by atoms with Gasteiger partial charge in [0.05, 0.1) is 30.0 Å². The number of methoxy groups -OCH3 is 2. The van der Waals surface area contributed by atoms with Crippen molar-refractivity contribution < 1.29 is 19.1 Å². The third kappa shape index (κ3) is 4.55. The van der Waals surface area contributed by atoms with Crippen LogP contribution in [0.1, 0.15) is 6.42 Å². The highest BCUT2D eigenvalue weighted by molar-refractivity contribution is 14.1. The van der Waals surface area contributed by atoms with Crippen LogP contribution in [0.4, 0.5) is 10.5 Å². The van der Waals surface area contributed by atoms with Crippen molar-refractivity contribution in [3.8, 4) is 0 Å². The Morgan fingerprint density at radius 2 is 1.84 bits per heavy atom. The quantitative estimate of drug-likeness (QED) is 0.461. The number of hydrogen-bond acceptors (Lipinski definition) is 4. The summed E-state index contributed by atoms with van der Waals surface area (Å²) in [6.07, 6.45) is 1.18. The number of para-hydroxylation sites is 1. The molecule has 0 unspecified atom stereocenters. The lowest BCUT2D eigenvalue weighted by Crippen LogP contribution is -2.27. The highest BCUT2D eigenvalue weighted by Crippen LogP contribution is 2.24. The fourth-order valence-electron chi connectivity index (χ4n) is 1.33. The molecule has 0 spiro atoms. The van der Waals surface area contributed by atoms with Gasteiger partial charge in [0.2, 0.25) is 0 Å². The zero-order chi connectivity index (χ0) is 14.3. The molecule has 0 fully saturated rings. The Hall–Kier alpha value is -1.57. The van der Waals surface area contributed by atoms with Gasteiger partial charge in [-0.3, -0.25) is 4.79 Å². The number of carbonyl (C=O) groups excluding carboxylic acids is 2. The van der Waals surface area contributed by atoms with Crippen molar-refractivity contribution in [2.45, 2.75) is 6.42 Å². The Morgan fingerprint density at radius 1 is 1.21 bits per heavy atom. The van der Waals surface area contributed by atoms with E-state index in [4.69, 9.17) is 4.74 Å². The monoisotopic (exact) mass is 375 g/mol. The second-order valence-corrected chi connectivity index (χ2v) is 4.55. The minimum absolute atomic E-state index is 0.0924. The van der Waals surface area contributed by atoms with Crippen LogP contribution in [0.5, 0.6) is 0 Å². The largest absolute Gasteiger partial charge is 0.469 e. The molecule has 1 amide bonds. The SMILES string of the molecule is COC(=O)C/C=C(/I)N(C(=O)OC)c1ccccc1. The predicted octanol–water partition coefficient (Wildman–Crippen LogP) is 3.10. The lowest BCUT2D eigenvalue weighted by molar-refractivity contribution is -0.139. The molecule has 0 saturated heterocycles. The van der Waals surface area contributed by atoms with Gasteiger partial charge in [-0.05, 0) is 40.8 Å². The molecule has 0 aliphatic heterocycles. The van der Waals surface area contributed by atoms with Gasteiger partial charge >= 0.3 is 12.1 Å². The summed E-state index contributed by atoms with van der Waals surface area (Å²) in [5.74, 6) is -0.368. The van der Waals surface area contributed by atoms with Gasteiger partial charge in [-0.25, -0.2) is 9.69 Å². The number of halogens is 1. The molecule has 102 valence electrons. The average molecular weight is 375 g/mol. The topological polar surface area (TPSA) is 55.8 Å². The fourth-order valence-corrected chi connectivity index (χ4v) is 2.02. The number of benzene rings is 1. The summed E-state index contributed by atoms with van der Waals surface area (Å²) < 4.78 is 9.87. The highest BCUT2D eigenvalue weighted by atomic mass is 127. The average Bonchev–Trinajstić information content (AvgIpc) is 2.45. The zero-order valence-electron chi connectivity index (χ0n) is 10.6. The van der Waals surface area contributed by atoms with Crippen molar-refractivity contribution in [2.75, 3.05) is 19.1 Å². The molecule has 0 heterocycles.